The largest absolute Gasteiger partial charge is 0.508 e. The summed E-state index contributed by atoms with van der Waals surface area (Å²) in [5.41, 5.74) is 1.25. The molecular formula is C16H25NO2. The highest BCUT2D eigenvalue weighted by atomic mass is 16.5. The van der Waals surface area contributed by atoms with E-state index < -0.39 is 0 Å². The third-order valence-corrected chi connectivity index (χ3v) is 3.70. The van der Waals surface area contributed by atoms with Gasteiger partial charge < -0.3 is 15.2 Å². The first-order chi connectivity index (χ1) is 8.94. The van der Waals surface area contributed by atoms with Gasteiger partial charge in [-0.3, -0.25) is 0 Å². The Labute approximate surface area is 116 Å². The molecule has 106 valence electrons. The van der Waals surface area contributed by atoms with Crippen molar-refractivity contribution in [1.82, 2.24) is 5.32 Å². The Kier molecular flexibility index (Phi) is 4.48. The van der Waals surface area contributed by atoms with Gasteiger partial charge in [-0.2, -0.15) is 0 Å². The number of hydrogen-bond acceptors (Lipinski definition) is 3. The standard InChI is InChI=1S/C16H25NO2/c1-12(10-13-4-6-15(18)7-5-13)17-14-8-9-19-16(2,3)11-14/h4-7,12,14,17-18H,8-11H2,1-3H3. The van der Waals surface area contributed by atoms with Crippen molar-refractivity contribution < 1.29 is 9.84 Å². The second-order valence-corrected chi connectivity index (χ2v) is 6.24. The fourth-order valence-electron chi connectivity index (χ4n) is 2.82. The van der Waals surface area contributed by atoms with E-state index in [9.17, 15) is 5.11 Å². The summed E-state index contributed by atoms with van der Waals surface area (Å²) in [5.74, 6) is 0.329. The van der Waals surface area contributed by atoms with E-state index in [1.54, 1.807) is 12.1 Å². The molecule has 3 nitrogen and oxygen atoms in total. The summed E-state index contributed by atoms with van der Waals surface area (Å²) >= 11 is 0. The van der Waals surface area contributed by atoms with E-state index in [2.05, 4.69) is 26.1 Å². The van der Waals surface area contributed by atoms with Gasteiger partial charge in [0.25, 0.3) is 0 Å². The van der Waals surface area contributed by atoms with Gasteiger partial charge in [-0.1, -0.05) is 12.1 Å². The van der Waals surface area contributed by atoms with Crippen LogP contribution in [0.1, 0.15) is 39.2 Å². The zero-order chi connectivity index (χ0) is 13.9. The van der Waals surface area contributed by atoms with Gasteiger partial charge in [0.2, 0.25) is 0 Å². The normalized spacial score (nSPS) is 24.1. The number of phenolic OH excluding ortho intramolecular Hbond substituents is 1. The quantitative estimate of drug-likeness (QED) is 0.877. The van der Waals surface area contributed by atoms with Crippen LogP contribution in [0.2, 0.25) is 0 Å². The maximum atomic E-state index is 9.28. The Hall–Kier alpha value is -1.06. The van der Waals surface area contributed by atoms with Crippen molar-refractivity contribution in [1.29, 1.82) is 0 Å². The Balaban J connectivity index is 1.84. The summed E-state index contributed by atoms with van der Waals surface area (Å²) in [6.45, 7) is 7.38. The molecule has 0 radical (unpaired) electrons. The predicted molar refractivity (Wildman–Crippen MR) is 77.5 cm³/mol. The zero-order valence-electron chi connectivity index (χ0n) is 12.1. The Morgan fingerprint density at radius 3 is 2.68 bits per heavy atom. The summed E-state index contributed by atoms with van der Waals surface area (Å²) in [4.78, 5) is 0. The summed E-state index contributed by atoms with van der Waals surface area (Å²) in [7, 11) is 0. The van der Waals surface area contributed by atoms with Crippen LogP contribution in [0.4, 0.5) is 0 Å². The van der Waals surface area contributed by atoms with Crippen LogP contribution in [0, 0.1) is 0 Å². The molecule has 2 atom stereocenters. The minimum absolute atomic E-state index is 0.00578. The second kappa shape index (κ2) is 5.93. The van der Waals surface area contributed by atoms with Crippen molar-refractivity contribution in [2.24, 2.45) is 0 Å². The molecule has 19 heavy (non-hydrogen) atoms. The summed E-state index contributed by atoms with van der Waals surface area (Å²) in [5, 5.41) is 13.0. The van der Waals surface area contributed by atoms with Crippen LogP contribution in [0.15, 0.2) is 24.3 Å². The number of aromatic hydroxyl groups is 1. The smallest absolute Gasteiger partial charge is 0.115 e. The Morgan fingerprint density at radius 2 is 2.05 bits per heavy atom. The van der Waals surface area contributed by atoms with Gasteiger partial charge in [-0.15, -0.1) is 0 Å². The number of ether oxygens (including phenoxy) is 1. The number of hydrogen-bond donors (Lipinski definition) is 2. The molecule has 1 fully saturated rings. The molecule has 1 aliphatic heterocycles. The highest BCUT2D eigenvalue weighted by Gasteiger charge is 2.29. The van der Waals surface area contributed by atoms with Crippen LogP contribution in [0.5, 0.6) is 5.75 Å². The first-order valence-corrected chi connectivity index (χ1v) is 7.12. The minimum atomic E-state index is -0.00578. The fraction of sp³-hybridized carbons (Fsp3) is 0.625. The number of nitrogens with one attached hydrogen (secondary N) is 1. The molecule has 1 saturated heterocycles. The van der Waals surface area contributed by atoms with E-state index in [1.165, 1.54) is 5.56 Å². The molecular weight excluding hydrogens is 238 g/mol. The van der Waals surface area contributed by atoms with Crippen LogP contribution >= 0.6 is 0 Å². The van der Waals surface area contributed by atoms with Gasteiger partial charge in [0, 0.05) is 18.7 Å². The molecule has 0 saturated carbocycles. The molecule has 2 N–H and O–H groups in total. The van der Waals surface area contributed by atoms with E-state index >= 15 is 0 Å². The number of rotatable bonds is 4. The number of benzene rings is 1. The lowest BCUT2D eigenvalue weighted by atomic mass is 9.93. The van der Waals surface area contributed by atoms with E-state index in [4.69, 9.17) is 4.74 Å². The zero-order valence-corrected chi connectivity index (χ0v) is 12.1. The SMILES string of the molecule is CC(Cc1ccc(O)cc1)NC1CCOC(C)(C)C1. The second-order valence-electron chi connectivity index (χ2n) is 6.24. The van der Waals surface area contributed by atoms with Gasteiger partial charge in [-0.25, -0.2) is 0 Å². The molecule has 1 aromatic rings. The van der Waals surface area contributed by atoms with Crippen LogP contribution in [-0.4, -0.2) is 29.4 Å². The topological polar surface area (TPSA) is 41.5 Å². The Morgan fingerprint density at radius 1 is 1.37 bits per heavy atom. The predicted octanol–water partition coefficient (Wildman–Crippen LogP) is 2.87. The van der Waals surface area contributed by atoms with Crippen molar-refractivity contribution >= 4 is 0 Å². The van der Waals surface area contributed by atoms with Crippen LogP contribution in [0.3, 0.4) is 0 Å². The van der Waals surface area contributed by atoms with E-state index in [0.717, 1.165) is 25.9 Å². The fourth-order valence-corrected chi connectivity index (χ4v) is 2.82. The molecule has 0 bridgehead atoms. The lowest BCUT2D eigenvalue weighted by Gasteiger charge is -2.37. The first-order valence-electron chi connectivity index (χ1n) is 7.12. The monoisotopic (exact) mass is 263 g/mol. The third kappa shape index (κ3) is 4.51. The molecule has 1 heterocycles. The molecule has 3 heteroatoms. The van der Waals surface area contributed by atoms with E-state index in [1.807, 2.05) is 12.1 Å². The summed E-state index contributed by atoms with van der Waals surface area (Å²) < 4.78 is 5.74. The van der Waals surface area contributed by atoms with Crippen LogP contribution in [-0.2, 0) is 11.2 Å². The van der Waals surface area contributed by atoms with Gasteiger partial charge in [-0.05, 0) is 57.7 Å². The van der Waals surface area contributed by atoms with Crippen LogP contribution < -0.4 is 5.32 Å². The lowest BCUT2D eigenvalue weighted by molar-refractivity contribution is -0.0639. The molecule has 2 unspecified atom stereocenters. The highest BCUT2D eigenvalue weighted by Crippen LogP contribution is 2.24. The lowest BCUT2D eigenvalue weighted by Crippen LogP contribution is -2.47. The van der Waals surface area contributed by atoms with Gasteiger partial charge >= 0.3 is 0 Å². The molecule has 0 spiro atoms. The molecule has 2 rings (SSSR count). The molecule has 0 aromatic heterocycles. The highest BCUT2D eigenvalue weighted by molar-refractivity contribution is 5.26. The first kappa shape index (κ1) is 14.4. The maximum absolute atomic E-state index is 9.28. The maximum Gasteiger partial charge on any atom is 0.115 e. The minimum Gasteiger partial charge on any atom is -0.508 e. The van der Waals surface area contributed by atoms with Crippen molar-refractivity contribution in [2.75, 3.05) is 6.61 Å². The van der Waals surface area contributed by atoms with Gasteiger partial charge in [0.05, 0.1) is 5.60 Å². The summed E-state index contributed by atoms with van der Waals surface area (Å²) in [6.07, 6.45) is 3.13. The van der Waals surface area contributed by atoms with Crippen molar-refractivity contribution in [3.05, 3.63) is 29.8 Å². The third-order valence-electron chi connectivity index (χ3n) is 3.70. The average Bonchev–Trinajstić information content (AvgIpc) is 2.30. The number of phenols is 1. The van der Waals surface area contributed by atoms with Crippen molar-refractivity contribution in [3.63, 3.8) is 0 Å². The molecule has 1 aliphatic rings. The average molecular weight is 263 g/mol. The summed E-state index contributed by atoms with van der Waals surface area (Å²) in [6, 6.07) is 8.45. The molecule has 0 aliphatic carbocycles. The Bertz CT molecular complexity index is 400. The molecule has 0 amide bonds. The van der Waals surface area contributed by atoms with Gasteiger partial charge in [0.15, 0.2) is 0 Å². The van der Waals surface area contributed by atoms with E-state index in [0.29, 0.717) is 17.8 Å². The van der Waals surface area contributed by atoms with Crippen molar-refractivity contribution in [3.8, 4) is 5.75 Å². The van der Waals surface area contributed by atoms with Crippen LogP contribution in [0.25, 0.3) is 0 Å². The molecule has 1 aromatic carbocycles. The van der Waals surface area contributed by atoms with E-state index in [-0.39, 0.29) is 5.60 Å². The van der Waals surface area contributed by atoms with Crippen molar-refractivity contribution in [2.45, 2.75) is 57.7 Å². The van der Waals surface area contributed by atoms with Gasteiger partial charge in [0.1, 0.15) is 5.75 Å².